The molecular formula is C17H20F2N4O4. The van der Waals surface area contributed by atoms with E-state index in [1.165, 1.54) is 33.8 Å². The zero-order valence-electron chi connectivity index (χ0n) is 15.1. The van der Waals surface area contributed by atoms with E-state index in [1.54, 1.807) is 6.92 Å². The van der Waals surface area contributed by atoms with Crippen LogP contribution >= 0.6 is 0 Å². The number of aliphatic carboxylic acids is 1. The molecule has 0 fully saturated rings. The number of amides is 1. The molecule has 146 valence electrons. The molecule has 0 bridgehead atoms. The third kappa shape index (κ3) is 5.22. The summed E-state index contributed by atoms with van der Waals surface area (Å²) in [6.45, 7) is 2.25. The number of hydrogen-bond acceptors (Lipinski definition) is 5. The largest absolute Gasteiger partial charge is 0.480 e. The first-order valence-electron chi connectivity index (χ1n) is 8.17. The molecule has 1 N–H and O–H groups in total. The molecule has 2 aromatic rings. The summed E-state index contributed by atoms with van der Waals surface area (Å²) in [6.07, 6.45) is 0. The lowest BCUT2D eigenvalue weighted by Crippen LogP contribution is -2.38. The molecule has 1 aromatic carbocycles. The number of nitrogens with zero attached hydrogens (tertiary/aromatic N) is 4. The van der Waals surface area contributed by atoms with Crippen LogP contribution in [0.15, 0.2) is 24.3 Å². The van der Waals surface area contributed by atoms with Crippen molar-refractivity contribution in [3.8, 4) is 11.4 Å². The number of hydrogen-bond donors (Lipinski definition) is 1. The van der Waals surface area contributed by atoms with Gasteiger partial charge >= 0.3 is 12.6 Å². The van der Waals surface area contributed by atoms with Crippen LogP contribution in [0.1, 0.15) is 30.0 Å². The van der Waals surface area contributed by atoms with E-state index in [0.717, 1.165) is 0 Å². The highest BCUT2D eigenvalue weighted by molar-refractivity contribution is 5.95. The second-order valence-corrected chi connectivity index (χ2v) is 6.28. The third-order valence-electron chi connectivity index (χ3n) is 3.60. The molecular weight excluding hydrogens is 362 g/mol. The highest BCUT2D eigenvalue weighted by atomic mass is 19.3. The molecule has 1 aromatic heterocycles. The van der Waals surface area contributed by atoms with Crippen molar-refractivity contribution >= 4 is 11.9 Å². The quantitative estimate of drug-likeness (QED) is 0.753. The second kappa shape index (κ2) is 8.56. The number of aromatic nitrogens is 3. The Morgan fingerprint density at radius 2 is 1.89 bits per heavy atom. The van der Waals surface area contributed by atoms with Crippen molar-refractivity contribution in [2.45, 2.75) is 27.4 Å². The van der Waals surface area contributed by atoms with Gasteiger partial charge in [0.15, 0.2) is 5.69 Å². The minimum absolute atomic E-state index is 0.00705. The number of carboxylic acid groups (broad SMARTS) is 1. The van der Waals surface area contributed by atoms with Gasteiger partial charge in [-0.3, -0.25) is 9.59 Å². The predicted molar refractivity (Wildman–Crippen MR) is 91.1 cm³/mol. The predicted octanol–water partition coefficient (Wildman–Crippen LogP) is 2.36. The fourth-order valence-corrected chi connectivity index (χ4v) is 2.51. The summed E-state index contributed by atoms with van der Waals surface area (Å²) < 4.78 is 30.1. The van der Waals surface area contributed by atoms with Gasteiger partial charge in [-0.25, -0.2) is 4.68 Å². The average Bonchev–Trinajstić information content (AvgIpc) is 2.94. The molecule has 0 unspecified atom stereocenters. The van der Waals surface area contributed by atoms with Crippen molar-refractivity contribution in [3.05, 3.63) is 35.7 Å². The van der Waals surface area contributed by atoms with Crippen LogP contribution in [-0.4, -0.2) is 56.6 Å². The molecule has 2 rings (SSSR count). The molecule has 1 amide bonds. The number of rotatable bonds is 8. The molecule has 0 radical (unpaired) electrons. The van der Waals surface area contributed by atoms with Crippen molar-refractivity contribution in [1.82, 2.24) is 19.9 Å². The highest BCUT2D eigenvalue weighted by Gasteiger charge is 2.25. The summed E-state index contributed by atoms with van der Waals surface area (Å²) in [5, 5.41) is 16.8. The lowest BCUT2D eigenvalue weighted by molar-refractivity contribution is -0.137. The molecule has 27 heavy (non-hydrogen) atoms. The SMILES string of the molecule is Cc1c(C(=O)N(CC(=O)O)CC(C)C)nnn1-c1ccc(OC(F)F)cc1. The van der Waals surface area contributed by atoms with E-state index in [-0.39, 0.29) is 23.9 Å². The lowest BCUT2D eigenvalue weighted by Gasteiger charge is -2.21. The van der Waals surface area contributed by atoms with Crippen molar-refractivity contribution < 1.29 is 28.2 Å². The number of carbonyl (C=O) groups excluding carboxylic acids is 1. The minimum atomic E-state index is -2.92. The maximum absolute atomic E-state index is 12.7. The average molecular weight is 382 g/mol. The van der Waals surface area contributed by atoms with Gasteiger partial charge in [0.25, 0.3) is 5.91 Å². The molecule has 0 aliphatic carbocycles. The summed E-state index contributed by atoms with van der Waals surface area (Å²) >= 11 is 0. The van der Waals surface area contributed by atoms with Crippen molar-refractivity contribution in [2.75, 3.05) is 13.1 Å². The van der Waals surface area contributed by atoms with Crippen LogP contribution in [0.25, 0.3) is 5.69 Å². The van der Waals surface area contributed by atoms with E-state index in [4.69, 9.17) is 5.11 Å². The fourth-order valence-electron chi connectivity index (χ4n) is 2.51. The Labute approximate surface area is 154 Å². The van der Waals surface area contributed by atoms with Crippen molar-refractivity contribution in [3.63, 3.8) is 0 Å². The second-order valence-electron chi connectivity index (χ2n) is 6.28. The Morgan fingerprint density at radius 3 is 2.41 bits per heavy atom. The number of halogens is 2. The molecule has 0 aliphatic rings. The van der Waals surface area contributed by atoms with Gasteiger partial charge in [-0.1, -0.05) is 19.1 Å². The molecule has 10 heteroatoms. The maximum Gasteiger partial charge on any atom is 0.387 e. The third-order valence-corrected chi connectivity index (χ3v) is 3.60. The van der Waals surface area contributed by atoms with Crippen molar-refractivity contribution in [1.29, 1.82) is 0 Å². The molecule has 8 nitrogen and oxygen atoms in total. The summed E-state index contributed by atoms with van der Waals surface area (Å²) in [6, 6.07) is 5.69. The van der Waals surface area contributed by atoms with Crippen LogP contribution in [0.2, 0.25) is 0 Å². The van der Waals surface area contributed by atoms with Gasteiger partial charge in [0.05, 0.1) is 11.4 Å². The summed E-state index contributed by atoms with van der Waals surface area (Å²) in [5.74, 6) is -1.59. The molecule has 0 saturated carbocycles. The van der Waals surface area contributed by atoms with E-state index in [1.807, 2.05) is 13.8 Å². The molecule has 0 aliphatic heterocycles. The summed E-state index contributed by atoms with van der Waals surface area (Å²) in [5.41, 5.74) is 0.931. The minimum Gasteiger partial charge on any atom is -0.480 e. The van der Waals surface area contributed by atoms with E-state index in [9.17, 15) is 18.4 Å². The van der Waals surface area contributed by atoms with Gasteiger partial charge < -0.3 is 14.7 Å². The Morgan fingerprint density at radius 1 is 1.26 bits per heavy atom. The first-order chi connectivity index (χ1) is 12.7. The van der Waals surface area contributed by atoms with Gasteiger partial charge in [0, 0.05) is 6.54 Å². The maximum atomic E-state index is 12.7. The van der Waals surface area contributed by atoms with E-state index in [0.29, 0.717) is 11.4 Å². The highest BCUT2D eigenvalue weighted by Crippen LogP contribution is 2.19. The zero-order valence-corrected chi connectivity index (χ0v) is 15.1. The Bertz CT molecular complexity index is 806. The molecule has 1 heterocycles. The van der Waals surface area contributed by atoms with Gasteiger partial charge in [-0.15, -0.1) is 5.10 Å². The number of ether oxygens (including phenoxy) is 1. The van der Waals surface area contributed by atoms with E-state index < -0.39 is 25.0 Å². The van der Waals surface area contributed by atoms with Crippen LogP contribution in [0, 0.1) is 12.8 Å². The fraction of sp³-hybridized carbons (Fsp3) is 0.412. The van der Waals surface area contributed by atoms with Crippen molar-refractivity contribution in [2.24, 2.45) is 5.92 Å². The van der Waals surface area contributed by atoms with Crippen LogP contribution in [0.3, 0.4) is 0 Å². The Hall–Kier alpha value is -3.04. The van der Waals surface area contributed by atoms with E-state index >= 15 is 0 Å². The number of alkyl halides is 2. The Kier molecular flexibility index (Phi) is 6.43. The molecule has 0 atom stereocenters. The number of carbonyl (C=O) groups is 2. The van der Waals surface area contributed by atoms with Crippen LogP contribution in [0.4, 0.5) is 8.78 Å². The smallest absolute Gasteiger partial charge is 0.387 e. The topological polar surface area (TPSA) is 97.5 Å². The molecule has 0 spiro atoms. The van der Waals surface area contributed by atoms with Gasteiger partial charge in [0.2, 0.25) is 0 Å². The van der Waals surface area contributed by atoms with Crippen LogP contribution < -0.4 is 4.74 Å². The first-order valence-corrected chi connectivity index (χ1v) is 8.17. The van der Waals surface area contributed by atoms with Gasteiger partial charge in [-0.2, -0.15) is 8.78 Å². The molecule has 0 saturated heterocycles. The summed E-state index contributed by atoms with van der Waals surface area (Å²) in [7, 11) is 0. The Balaban J connectivity index is 2.27. The lowest BCUT2D eigenvalue weighted by atomic mass is 10.2. The van der Waals surface area contributed by atoms with Gasteiger partial charge in [0.1, 0.15) is 12.3 Å². The number of benzene rings is 1. The van der Waals surface area contributed by atoms with Gasteiger partial charge in [-0.05, 0) is 37.1 Å². The summed E-state index contributed by atoms with van der Waals surface area (Å²) in [4.78, 5) is 24.9. The normalized spacial score (nSPS) is 11.1. The first kappa shape index (κ1) is 20.3. The van der Waals surface area contributed by atoms with E-state index in [2.05, 4.69) is 15.0 Å². The zero-order chi connectivity index (χ0) is 20.1. The standard InChI is InChI=1S/C17H20F2N4O4/c1-10(2)8-22(9-14(24)25)16(26)15-11(3)23(21-20-15)12-4-6-13(7-5-12)27-17(18)19/h4-7,10,17H,8-9H2,1-3H3,(H,24,25). The van der Waals surface area contributed by atoms with Crippen LogP contribution in [0.5, 0.6) is 5.75 Å². The van der Waals surface area contributed by atoms with Crippen LogP contribution in [-0.2, 0) is 4.79 Å². The monoisotopic (exact) mass is 382 g/mol. The number of carboxylic acids is 1.